The second kappa shape index (κ2) is 6.11. The largest absolute Gasteiger partial charge is 0.435 e. The Hall–Kier alpha value is -1.20. The zero-order chi connectivity index (χ0) is 13.0. The van der Waals surface area contributed by atoms with Crippen LogP contribution in [0.1, 0.15) is 12.5 Å². The fourth-order valence-electron chi connectivity index (χ4n) is 2.13. The van der Waals surface area contributed by atoms with E-state index in [2.05, 4.69) is 21.9 Å². The predicted octanol–water partition coefficient (Wildman–Crippen LogP) is 2.08. The lowest BCUT2D eigenvalue weighted by Gasteiger charge is -2.33. The number of nitrogens with zero attached hydrogens (tertiary/aromatic N) is 1. The van der Waals surface area contributed by atoms with Crippen molar-refractivity contribution < 1.29 is 13.5 Å². The molecule has 0 radical (unpaired) electrons. The summed E-state index contributed by atoms with van der Waals surface area (Å²) in [6.45, 7) is 3.27. The van der Waals surface area contributed by atoms with Gasteiger partial charge in [0.05, 0.1) is 0 Å². The van der Waals surface area contributed by atoms with Crippen LogP contribution < -0.4 is 10.1 Å². The summed E-state index contributed by atoms with van der Waals surface area (Å²) >= 11 is 0. The van der Waals surface area contributed by atoms with E-state index < -0.39 is 6.61 Å². The Labute approximate surface area is 106 Å². The molecule has 1 aromatic rings. The van der Waals surface area contributed by atoms with E-state index in [4.69, 9.17) is 0 Å². The highest BCUT2D eigenvalue weighted by atomic mass is 19.3. The van der Waals surface area contributed by atoms with E-state index in [0.29, 0.717) is 6.04 Å². The summed E-state index contributed by atoms with van der Waals surface area (Å²) in [6.07, 6.45) is 0. The highest BCUT2D eigenvalue weighted by molar-refractivity contribution is 5.27. The van der Waals surface area contributed by atoms with Crippen LogP contribution in [0, 0.1) is 0 Å². The zero-order valence-electron chi connectivity index (χ0n) is 10.4. The fourth-order valence-corrected chi connectivity index (χ4v) is 2.13. The van der Waals surface area contributed by atoms with E-state index in [1.54, 1.807) is 12.1 Å². The Morgan fingerprint density at radius 3 is 2.72 bits per heavy atom. The SMILES string of the molecule is C[C@@H]1CNCCN1Cc1ccc(OC(F)F)cc1. The van der Waals surface area contributed by atoms with E-state index in [0.717, 1.165) is 31.7 Å². The van der Waals surface area contributed by atoms with Crippen LogP contribution in [-0.2, 0) is 6.54 Å². The molecular weight excluding hydrogens is 238 g/mol. The van der Waals surface area contributed by atoms with Gasteiger partial charge in [0.1, 0.15) is 5.75 Å². The quantitative estimate of drug-likeness (QED) is 0.892. The monoisotopic (exact) mass is 256 g/mol. The molecule has 18 heavy (non-hydrogen) atoms. The van der Waals surface area contributed by atoms with Gasteiger partial charge in [-0.15, -0.1) is 0 Å². The van der Waals surface area contributed by atoms with Gasteiger partial charge in [-0.05, 0) is 24.6 Å². The number of benzene rings is 1. The number of alkyl halides is 2. The van der Waals surface area contributed by atoms with Crippen molar-refractivity contribution in [3.8, 4) is 5.75 Å². The smallest absolute Gasteiger partial charge is 0.387 e. The van der Waals surface area contributed by atoms with E-state index in [-0.39, 0.29) is 5.75 Å². The van der Waals surface area contributed by atoms with Crippen molar-refractivity contribution in [1.82, 2.24) is 10.2 Å². The Kier molecular flexibility index (Phi) is 4.49. The number of ether oxygens (including phenoxy) is 1. The standard InChI is InChI=1S/C13H18F2N2O/c1-10-8-16-6-7-17(10)9-11-2-4-12(5-3-11)18-13(14)15/h2-5,10,13,16H,6-9H2,1H3/t10-/m1/s1. The number of halogens is 2. The fraction of sp³-hybridized carbons (Fsp3) is 0.538. The molecule has 0 amide bonds. The molecule has 1 atom stereocenters. The molecule has 0 spiro atoms. The lowest BCUT2D eigenvalue weighted by molar-refractivity contribution is -0.0498. The second-order valence-corrected chi connectivity index (χ2v) is 4.55. The van der Waals surface area contributed by atoms with Crippen molar-refractivity contribution in [3.63, 3.8) is 0 Å². The molecule has 1 aromatic carbocycles. The van der Waals surface area contributed by atoms with Crippen molar-refractivity contribution in [2.75, 3.05) is 19.6 Å². The Bertz CT molecular complexity index is 370. The minimum atomic E-state index is -2.76. The maximum atomic E-state index is 12.0. The molecule has 0 saturated carbocycles. The molecule has 0 aromatic heterocycles. The summed E-state index contributed by atoms with van der Waals surface area (Å²) in [5.41, 5.74) is 1.12. The highest BCUT2D eigenvalue weighted by Gasteiger charge is 2.17. The first-order chi connectivity index (χ1) is 8.65. The molecule has 0 aliphatic carbocycles. The molecule has 1 aliphatic rings. The lowest BCUT2D eigenvalue weighted by Crippen LogP contribution is -2.49. The molecule has 5 heteroatoms. The van der Waals surface area contributed by atoms with Gasteiger partial charge in [-0.1, -0.05) is 12.1 Å². The van der Waals surface area contributed by atoms with Crippen molar-refractivity contribution >= 4 is 0 Å². The molecule has 0 bridgehead atoms. The summed E-state index contributed by atoms with van der Waals surface area (Å²) in [5.74, 6) is 0.210. The van der Waals surface area contributed by atoms with Gasteiger partial charge in [0.15, 0.2) is 0 Å². The van der Waals surface area contributed by atoms with Crippen LogP contribution in [0.15, 0.2) is 24.3 Å². The molecule has 1 fully saturated rings. The number of rotatable bonds is 4. The Balaban J connectivity index is 1.93. The van der Waals surface area contributed by atoms with Crippen molar-refractivity contribution in [3.05, 3.63) is 29.8 Å². The molecular formula is C13H18F2N2O. The molecule has 0 unspecified atom stereocenters. The van der Waals surface area contributed by atoms with Crippen LogP contribution in [0.4, 0.5) is 8.78 Å². The van der Waals surface area contributed by atoms with Gasteiger partial charge in [-0.3, -0.25) is 4.90 Å². The lowest BCUT2D eigenvalue weighted by atomic mass is 10.1. The first-order valence-corrected chi connectivity index (χ1v) is 6.13. The molecule has 3 nitrogen and oxygen atoms in total. The van der Waals surface area contributed by atoms with Gasteiger partial charge in [0.2, 0.25) is 0 Å². The summed E-state index contributed by atoms with van der Waals surface area (Å²) in [6, 6.07) is 7.36. The minimum absolute atomic E-state index is 0.210. The van der Waals surface area contributed by atoms with Gasteiger partial charge in [0.25, 0.3) is 0 Å². The maximum absolute atomic E-state index is 12.0. The van der Waals surface area contributed by atoms with Gasteiger partial charge < -0.3 is 10.1 Å². The third-order valence-electron chi connectivity index (χ3n) is 3.17. The average molecular weight is 256 g/mol. The van der Waals surface area contributed by atoms with Crippen molar-refractivity contribution in [1.29, 1.82) is 0 Å². The van der Waals surface area contributed by atoms with E-state index in [1.807, 2.05) is 12.1 Å². The number of hydrogen-bond donors (Lipinski definition) is 1. The van der Waals surface area contributed by atoms with E-state index in [9.17, 15) is 8.78 Å². The van der Waals surface area contributed by atoms with Crippen LogP contribution in [0.5, 0.6) is 5.75 Å². The Morgan fingerprint density at radius 2 is 2.11 bits per heavy atom. The normalized spacial score (nSPS) is 21.2. The predicted molar refractivity (Wildman–Crippen MR) is 65.8 cm³/mol. The van der Waals surface area contributed by atoms with Crippen LogP contribution in [-0.4, -0.2) is 37.2 Å². The topological polar surface area (TPSA) is 24.5 Å². The first kappa shape index (κ1) is 13.2. The number of nitrogens with one attached hydrogen (secondary N) is 1. The third-order valence-corrected chi connectivity index (χ3v) is 3.17. The third kappa shape index (κ3) is 3.65. The number of hydrogen-bond acceptors (Lipinski definition) is 3. The Morgan fingerprint density at radius 1 is 1.39 bits per heavy atom. The van der Waals surface area contributed by atoms with Crippen LogP contribution in [0.3, 0.4) is 0 Å². The highest BCUT2D eigenvalue weighted by Crippen LogP contribution is 2.17. The average Bonchev–Trinajstić information content (AvgIpc) is 2.34. The van der Waals surface area contributed by atoms with Gasteiger partial charge in [-0.25, -0.2) is 0 Å². The van der Waals surface area contributed by atoms with Crippen LogP contribution >= 0.6 is 0 Å². The van der Waals surface area contributed by atoms with Crippen LogP contribution in [0.2, 0.25) is 0 Å². The summed E-state index contributed by atoms with van der Waals surface area (Å²) < 4.78 is 28.3. The molecule has 1 aliphatic heterocycles. The van der Waals surface area contributed by atoms with Gasteiger partial charge in [-0.2, -0.15) is 8.78 Å². The summed E-state index contributed by atoms with van der Waals surface area (Å²) in [4.78, 5) is 2.37. The van der Waals surface area contributed by atoms with Crippen LogP contribution in [0.25, 0.3) is 0 Å². The van der Waals surface area contributed by atoms with Crippen molar-refractivity contribution in [2.24, 2.45) is 0 Å². The van der Waals surface area contributed by atoms with Gasteiger partial charge >= 0.3 is 6.61 Å². The van der Waals surface area contributed by atoms with E-state index >= 15 is 0 Å². The number of piperazine rings is 1. The molecule has 1 saturated heterocycles. The molecule has 2 rings (SSSR count). The minimum Gasteiger partial charge on any atom is -0.435 e. The zero-order valence-corrected chi connectivity index (χ0v) is 10.4. The van der Waals surface area contributed by atoms with E-state index in [1.165, 1.54) is 0 Å². The molecule has 1 N–H and O–H groups in total. The van der Waals surface area contributed by atoms with Crippen molar-refractivity contribution in [2.45, 2.75) is 26.1 Å². The summed E-state index contributed by atoms with van der Waals surface area (Å²) in [7, 11) is 0. The second-order valence-electron chi connectivity index (χ2n) is 4.55. The first-order valence-electron chi connectivity index (χ1n) is 6.13. The van der Waals surface area contributed by atoms with Gasteiger partial charge in [0, 0.05) is 32.2 Å². The molecule has 100 valence electrons. The summed E-state index contributed by atoms with van der Waals surface area (Å²) in [5, 5.41) is 3.34. The molecule has 1 heterocycles. The maximum Gasteiger partial charge on any atom is 0.387 e.